The Hall–Kier alpha value is -0.800. The normalized spacial score (nSPS) is 10.9. The number of hydrogen-bond acceptors (Lipinski definition) is 2. The number of primary amides is 1. The zero-order valence-electron chi connectivity index (χ0n) is 5.54. The maximum absolute atomic E-state index is 10.3. The van der Waals surface area contributed by atoms with Gasteiger partial charge in [0.2, 0.25) is 5.91 Å². The molecule has 10 heavy (non-hydrogen) atoms. The Bertz CT molecular complexity index is 156. The van der Waals surface area contributed by atoms with Gasteiger partial charge in [-0.2, -0.15) is 0 Å². The molecule has 0 bridgehead atoms. The molecule has 0 radical (unpaired) electrons. The average Bonchev–Trinajstić information content (AvgIpc) is 1.84. The second-order valence-corrected chi connectivity index (χ2v) is 1.65. The van der Waals surface area contributed by atoms with Crippen LogP contribution in [0.25, 0.3) is 0 Å². The molecule has 0 aliphatic carbocycles. The van der Waals surface area contributed by atoms with E-state index in [1.807, 2.05) is 0 Å². The van der Waals surface area contributed by atoms with Crippen molar-refractivity contribution in [3.63, 3.8) is 0 Å². The Morgan fingerprint density at radius 1 is 1.60 bits per heavy atom. The van der Waals surface area contributed by atoms with E-state index in [2.05, 4.69) is 13.2 Å². The number of carbonyl (C=O) groups excluding carboxylic acids is 1. The van der Waals surface area contributed by atoms with Gasteiger partial charge in [-0.3, -0.25) is 4.79 Å². The van der Waals surface area contributed by atoms with Gasteiger partial charge >= 0.3 is 0 Å². The van der Waals surface area contributed by atoms with Crippen LogP contribution in [0.1, 0.15) is 0 Å². The van der Waals surface area contributed by atoms with Crippen LogP contribution >= 0.6 is 12.4 Å². The van der Waals surface area contributed by atoms with Crippen LogP contribution in [0.2, 0.25) is 0 Å². The minimum Gasteiger partial charge on any atom is -0.366 e. The lowest BCUT2D eigenvalue weighted by Crippen LogP contribution is -2.28. The summed E-state index contributed by atoms with van der Waals surface area (Å²) in [5, 5.41) is 0. The molecule has 4 heteroatoms. The zero-order valence-corrected chi connectivity index (χ0v) is 6.36. The van der Waals surface area contributed by atoms with E-state index in [9.17, 15) is 4.79 Å². The van der Waals surface area contributed by atoms with Gasteiger partial charge in [-0.25, -0.2) is 0 Å². The third kappa shape index (κ3) is 3.27. The first-order valence-corrected chi connectivity index (χ1v) is 2.46. The Morgan fingerprint density at radius 2 is 2.00 bits per heavy atom. The highest BCUT2D eigenvalue weighted by molar-refractivity contribution is 5.92. The average molecular weight is 163 g/mol. The highest BCUT2D eigenvalue weighted by Gasteiger charge is 2.06. The van der Waals surface area contributed by atoms with Gasteiger partial charge in [-0.05, 0) is 0 Å². The maximum atomic E-state index is 10.3. The zero-order chi connectivity index (χ0) is 7.44. The van der Waals surface area contributed by atoms with Gasteiger partial charge in [0.05, 0.1) is 6.04 Å². The first-order chi connectivity index (χ1) is 4.09. The van der Waals surface area contributed by atoms with Crippen molar-refractivity contribution < 1.29 is 4.79 Å². The van der Waals surface area contributed by atoms with Gasteiger partial charge < -0.3 is 11.5 Å². The molecule has 0 aliphatic rings. The van der Waals surface area contributed by atoms with E-state index in [-0.39, 0.29) is 18.0 Å². The Labute approximate surface area is 66.2 Å². The summed E-state index contributed by atoms with van der Waals surface area (Å²) >= 11 is 0. The lowest BCUT2D eigenvalue weighted by molar-refractivity contribution is -0.114. The van der Waals surface area contributed by atoms with Crippen molar-refractivity contribution in [2.75, 3.05) is 0 Å². The number of rotatable bonds is 3. The SMILES string of the molecule is C=CC(N)C(=C)C(N)=O.Cl. The summed E-state index contributed by atoms with van der Waals surface area (Å²) in [4.78, 5) is 10.3. The van der Waals surface area contributed by atoms with Crippen molar-refractivity contribution in [1.82, 2.24) is 0 Å². The highest BCUT2D eigenvalue weighted by atomic mass is 35.5. The summed E-state index contributed by atoms with van der Waals surface area (Å²) in [7, 11) is 0. The largest absolute Gasteiger partial charge is 0.366 e. The molecule has 0 heterocycles. The highest BCUT2D eigenvalue weighted by Crippen LogP contribution is 1.94. The van der Waals surface area contributed by atoms with Crippen LogP contribution in [0, 0.1) is 0 Å². The lowest BCUT2D eigenvalue weighted by atomic mass is 10.1. The van der Waals surface area contributed by atoms with Gasteiger partial charge in [0, 0.05) is 5.57 Å². The molecule has 0 saturated carbocycles. The fourth-order valence-corrected chi connectivity index (χ4v) is 0.307. The van der Waals surface area contributed by atoms with Crippen LogP contribution in [-0.2, 0) is 4.79 Å². The Morgan fingerprint density at radius 3 is 2.10 bits per heavy atom. The predicted octanol–water partition coefficient (Wildman–Crippen LogP) is -0.0370. The molecule has 3 nitrogen and oxygen atoms in total. The van der Waals surface area contributed by atoms with E-state index in [1.54, 1.807) is 0 Å². The molecule has 4 N–H and O–H groups in total. The third-order valence-corrected chi connectivity index (χ3v) is 0.973. The summed E-state index contributed by atoms with van der Waals surface area (Å²) in [6.07, 6.45) is 1.41. The van der Waals surface area contributed by atoms with E-state index >= 15 is 0 Å². The molecule has 0 saturated heterocycles. The van der Waals surface area contributed by atoms with Crippen LogP contribution in [0.4, 0.5) is 0 Å². The van der Waals surface area contributed by atoms with Gasteiger partial charge in [0.1, 0.15) is 0 Å². The molecular weight excluding hydrogens is 152 g/mol. The summed E-state index contributed by atoms with van der Waals surface area (Å²) in [5.74, 6) is -0.581. The molecule has 1 atom stereocenters. The standard InChI is InChI=1S/C6H10N2O.ClH/c1-3-5(7)4(2)6(8)9;/h3,5H,1-2,7H2,(H2,8,9);1H. The van der Waals surface area contributed by atoms with Crippen molar-refractivity contribution in [1.29, 1.82) is 0 Å². The molecule has 1 unspecified atom stereocenters. The summed E-state index contributed by atoms with van der Waals surface area (Å²) in [6, 6.07) is -0.512. The van der Waals surface area contributed by atoms with E-state index in [0.717, 1.165) is 0 Å². The summed E-state index contributed by atoms with van der Waals surface area (Å²) in [6.45, 7) is 6.72. The second-order valence-electron chi connectivity index (χ2n) is 1.65. The first kappa shape index (κ1) is 11.9. The molecular formula is C6H11ClN2O. The lowest BCUT2D eigenvalue weighted by Gasteiger charge is -2.03. The molecule has 0 aliphatic heterocycles. The van der Waals surface area contributed by atoms with Crippen LogP contribution in [0.3, 0.4) is 0 Å². The number of amides is 1. The van der Waals surface area contributed by atoms with Crippen LogP contribution < -0.4 is 11.5 Å². The topological polar surface area (TPSA) is 69.1 Å². The minimum absolute atomic E-state index is 0. The third-order valence-electron chi connectivity index (χ3n) is 0.973. The number of hydrogen-bond donors (Lipinski definition) is 2. The fourth-order valence-electron chi connectivity index (χ4n) is 0.307. The number of carbonyl (C=O) groups is 1. The molecule has 0 fully saturated rings. The van der Waals surface area contributed by atoms with Crippen LogP contribution in [0.15, 0.2) is 24.8 Å². The molecule has 0 aromatic heterocycles. The maximum Gasteiger partial charge on any atom is 0.245 e. The van der Waals surface area contributed by atoms with Crippen molar-refractivity contribution in [2.45, 2.75) is 6.04 Å². The van der Waals surface area contributed by atoms with Crippen LogP contribution in [0.5, 0.6) is 0 Å². The van der Waals surface area contributed by atoms with E-state index < -0.39 is 11.9 Å². The van der Waals surface area contributed by atoms with Gasteiger partial charge in [-0.15, -0.1) is 19.0 Å². The Balaban J connectivity index is 0. The van der Waals surface area contributed by atoms with E-state index in [4.69, 9.17) is 11.5 Å². The van der Waals surface area contributed by atoms with Crippen molar-refractivity contribution in [3.05, 3.63) is 24.8 Å². The van der Waals surface area contributed by atoms with E-state index in [0.29, 0.717) is 0 Å². The van der Waals surface area contributed by atoms with Crippen molar-refractivity contribution in [2.24, 2.45) is 11.5 Å². The van der Waals surface area contributed by atoms with E-state index in [1.165, 1.54) is 6.08 Å². The predicted molar refractivity (Wildman–Crippen MR) is 43.8 cm³/mol. The van der Waals surface area contributed by atoms with Gasteiger partial charge in [0.15, 0.2) is 0 Å². The first-order valence-electron chi connectivity index (χ1n) is 2.46. The monoisotopic (exact) mass is 162 g/mol. The molecule has 58 valence electrons. The number of halogens is 1. The minimum atomic E-state index is -0.581. The van der Waals surface area contributed by atoms with Gasteiger partial charge in [-0.1, -0.05) is 12.7 Å². The van der Waals surface area contributed by atoms with Crippen molar-refractivity contribution in [3.8, 4) is 0 Å². The molecule has 0 spiro atoms. The quantitative estimate of drug-likeness (QED) is 0.452. The smallest absolute Gasteiger partial charge is 0.245 e. The van der Waals surface area contributed by atoms with Gasteiger partial charge in [0.25, 0.3) is 0 Å². The van der Waals surface area contributed by atoms with Crippen molar-refractivity contribution >= 4 is 18.3 Å². The second kappa shape index (κ2) is 5.02. The Kier molecular flexibility index (Phi) is 5.99. The number of nitrogens with two attached hydrogens (primary N) is 2. The fraction of sp³-hybridized carbons (Fsp3) is 0.167. The van der Waals surface area contributed by atoms with Crippen LogP contribution in [-0.4, -0.2) is 11.9 Å². The molecule has 0 aromatic rings. The molecule has 0 rings (SSSR count). The molecule has 0 aromatic carbocycles. The summed E-state index contributed by atoms with van der Waals surface area (Å²) in [5.41, 5.74) is 10.3. The summed E-state index contributed by atoms with van der Waals surface area (Å²) < 4.78 is 0. The molecule has 1 amide bonds.